The minimum absolute atomic E-state index is 0.260. The van der Waals surface area contributed by atoms with Gasteiger partial charge in [0.1, 0.15) is 5.75 Å². The Kier molecular flexibility index (Phi) is 3.83. The van der Waals surface area contributed by atoms with E-state index in [4.69, 9.17) is 11.6 Å². The topological polar surface area (TPSA) is 33.1 Å². The zero-order valence-electron chi connectivity index (χ0n) is 13.0. The summed E-state index contributed by atoms with van der Waals surface area (Å²) in [5, 5.41) is 10.5. The van der Waals surface area contributed by atoms with Crippen LogP contribution in [0.4, 0.5) is 0 Å². The predicted molar refractivity (Wildman–Crippen MR) is 98.2 cm³/mol. The van der Waals surface area contributed by atoms with Crippen molar-refractivity contribution in [1.29, 1.82) is 0 Å². The van der Waals surface area contributed by atoms with Crippen LogP contribution in [0.15, 0.2) is 60.8 Å². The lowest BCUT2D eigenvalue weighted by Crippen LogP contribution is -1.95. The molecule has 0 unspecified atom stereocenters. The molecule has 0 radical (unpaired) electrons. The number of phenols is 1. The zero-order valence-corrected chi connectivity index (χ0v) is 13.8. The molecule has 3 aromatic rings. The number of hydrogen-bond donors (Lipinski definition) is 1. The zero-order chi connectivity index (χ0) is 16.5. The minimum atomic E-state index is 0.260. The molecule has 1 aliphatic carbocycles. The number of rotatable bonds is 1. The molecule has 2 aromatic carbocycles. The first-order valence-corrected chi connectivity index (χ1v) is 8.32. The van der Waals surface area contributed by atoms with E-state index in [0.29, 0.717) is 0 Å². The van der Waals surface area contributed by atoms with Crippen molar-refractivity contribution in [3.05, 3.63) is 93.8 Å². The molecule has 0 bridgehead atoms. The molecule has 0 spiro atoms. The first-order valence-electron chi connectivity index (χ1n) is 7.94. The van der Waals surface area contributed by atoms with E-state index in [9.17, 15) is 5.11 Å². The Hall–Kier alpha value is -2.58. The van der Waals surface area contributed by atoms with Gasteiger partial charge < -0.3 is 5.11 Å². The first-order chi connectivity index (χ1) is 11.7. The van der Waals surface area contributed by atoms with Gasteiger partial charge in [0.15, 0.2) is 0 Å². The van der Waals surface area contributed by atoms with Gasteiger partial charge in [-0.1, -0.05) is 35.9 Å². The number of pyridine rings is 1. The van der Waals surface area contributed by atoms with E-state index >= 15 is 0 Å². The highest BCUT2D eigenvalue weighted by Gasteiger charge is 2.19. The van der Waals surface area contributed by atoms with Gasteiger partial charge in [0, 0.05) is 16.8 Å². The maximum Gasteiger partial charge on any atom is 0.116 e. The Labute approximate surface area is 146 Å². The minimum Gasteiger partial charge on any atom is -0.508 e. The molecule has 0 atom stereocenters. The van der Waals surface area contributed by atoms with Gasteiger partial charge in [-0.05, 0) is 71.5 Å². The van der Waals surface area contributed by atoms with E-state index < -0.39 is 0 Å². The molecule has 1 aromatic heterocycles. The van der Waals surface area contributed by atoms with Crippen molar-refractivity contribution >= 4 is 23.3 Å². The van der Waals surface area contributed by atoms with E-state index in [1.807, 2.05) is 36.5 Å². The Balaban J connectivity index is 1.97. The number of aromatic hydroxyl groups is 1. The fraction of sp³-hybridized carbons (Fsp3) is 0.0952. The number of aromatic nitrogens is 1. The predicted octanol–water partition coefficient (Wildman–Crippen LogP) is 5.13. The molecule has 2 nitrogen and oxygen atoms in total. The van der Waals surface area contributed by atoms with Gasteiger partial charge >= 0.3 is 0 Å². The molecule has 0 aliphatic heterocycles. The molecular formula is C21H16ClNO. The fourth-order valence-corrected chi connectivity index (χ4v) is 3.43. The van der Waals surface area contributed by atoms with Gasteiger partial charge in [0.2, 0.25) is 0 Å². The summed E-state index contributed by atoms with van der Waals surface area (Å²) in [4.78, 5) is 4.64. The van der Waals surface area contributed by atoms with Crippen molar-refractivity contribution in [2.75, 3.05) is 0 Å². The van der Waals surface area contributed by atoms with Gasteiger partial charge in [0.05, 0.1) is 5.69 Å². The van der Waals surface area contributed by atoms with Gasteiger partial charge in [-0.3, -0.25) is 4.98 Å². The van der Waals surface area contributed by atoms with E-state index in [0.717, 1.165) is 40.3 Å². The van der Waals surface area contributed by atoms with Crippen LogP contribution in [0.3, 0.4) is 0 Å². The molecule has 1 aliphatic rings. The Morgan fingerprint density at radius 3 is 2.71 bits per heavy atom. The third-order valence-electron chi connectivity index (χ3n) is 4.35. The summed E-state index contributed by atoms with van der Waals surface area (Å²) in [6.45, 7) is 0. The summed E-state index contributed by atoms with van der Waals surface area (Å²) >= 11 is 6.20. The van der Waals surface area contributed by atoms with Crippen LogP contribution >= 0.6 is 11.6 Å². The van der Waals surface area contributed by atoms with Crippen molar-refractivity contribution in [3.63, 3.8) is 0 Å². The molecule has 1 heterocycles. The van der Waals surface area contributed by atoms with E-state index in [2.05, 4.69) is 23.2 Å². The molecule has 0 saturated heterocycles. The van der Waals surface area contributed by atoms with Crippen LogP contribution in [0.2, 0.25) is 5.02 Å². The van der Waals surface area contributed by atoms with Gasteiger partial charge in [-0.25, -0.2) is 0 Å². The lowest BCUT2D eigenvalue weighted by atomic mass is 9.95. The molecule has 118 valence electrons. The molecular weight excluding hydrogens is 318 g/mol. The number of aryl methyl sites for hydroxylation is 2. The molecule has 4 rings (SSSR count). The second kappa shape index (κ2) is 6.14. The highest BCUT2D eigenvalue weighted by atomic mass is 35.5. The first kappa shape index (κ1) is 15.0. The van der Waals surface area contributed by atoms with Gasteiger partial charge in [0.25, 0.3) is 0 Å². The van der Waals surface area contributed by atoms with Crippen molar-refractivity contribution in [2.45, 2.75) is 12.8 Å². The van der Waals surface area contributed by atoms with Crippen LogP contribution in [0.25, 0.3) is 11.6 Å². The molecule has 0 fully saturated rings. The molecule has 1 N–H and O–H groups in total. The van der Waals surface area contributed by atoms with Crippen LogP contribution in [0.1, 0.15) is 27.9 Å². The fourth-order valence-electron chi connectivity index (χ4n) is 3.24. The number of benzene rings is 2. The SMILES string of the molecule is Oc1cccc(/C=C2\c3ccc(Cl)cc3CCc3cccnc32)c1. The van der Waals surface area contributed by atoms with Crippen molar-refractivity contribution in [1.82, 2.24) is 4.98 Å². The van der Waals surface area contributed by atoms with Gasteiger partial charge in [-0.15, -0.1) is 0 Å². The normalized spacial score (nSPS) is 14.8. The maximum atomic E-state index is 9.76. The van der Waals surface area contributed by atoms with Crippen LogP contribution in [-0.4, -0.2) is 10.1 Å². The summed E-state index contributed by atoms with van der Waals surface area (Å²) in [7, 11) is 0. The van der Waals surface area contributed by atoms with Crippen LogP contribution < -0.4 is 0 Å². The summed E-state index contributed by atoms with van der Waals surface area (Å²) in [5.74, 6) is 0.260. The van der Waals surface area contributed by atoms with E-state index in [-0.39, 0.29) is 5.75 Å². The van der Waals surface area contributed by atoms with Gasteiger partial charge in [-0.2, -0.15) is 0 Å². The lowest BCUT2D eigenvalue weighted by Gasteiger charge is -2.11. The smallest absolute Gasteiger partial charge is 0.116 e. The number of nitrogens with zero attached hydrogens (tertiary/aromatic N) is 1. The number of fused-ring (bicyclic) bond motifs is 2. The second-order valence-electron chi connectivity index (χ2n) is 5.97. The van der Waals surface area contributed by atoms with Crippen molar-refractivity contribution in [2.24, 2.45) is 0 Å². The second-order valence-corrected chi connectivity index (χ2v) is 6.40. The van der Waals surface area contributed by atoms with E-state index in [1.165, 1.54) is 11.1 Å². The lowest BCUT2D eigenvalue weighted by molar-refractivity contribution is 0.475. The summed E-state index contributed by atoms with van der Waals surface area (Å²) in [5.41, 5.74) is 6.63. The quantitative estimate of drug-likeness (QED) is 0.669. The van der Waals surface area contributed by atoms with Crippen LogP contribution in [-0.2, 0) is 12.8 Å². The average Bonchev–Trinajstić information content (AvgIpc) is 2.73. The van der Waals surface area contributed by atoms with Crippen molar-refractivity contribution < 1.29 is 5.11 Å². The summed E-state index contributed by atoms with van der Waals surface area (Å²) in [6.07, 6.45) is 5.79. The van der Waals surface area contributed by atoms with E-state index in [1.54, 1.807) is 12.1 Å². The van der Waals surface area contributed by atoms with Crippen LogP contribution in [0.5, 0.6) is 5.75 Å². The monoisotopic (exact) mass is 333 g/mol. The highest BCUT2D eigenvalue weighted by molar-refractivity contribution is 6.30. The Morgan fingerprint density at radius 1 is 0.958 bits per heavy atom. The molecule has 0 amide bonds. The summed E-state index contributed by atoms with van der Waals surface area (Å²) in [6, 6.07) is 17.4. The number of hydrogen-bond acceptors (Lipinski definition) is 2. The number of phenolic OH excluding ortho intramolecular Hbond substituents is 1. The Morgan fingerprint density at radius 2 is 1.83 bits per heavy atom. The maximum absolute atomic E-state index is 9.76. The average molecular weight is 334 g/mol. The summed E-state index contributed by atoms with van der Waals surface area (Å²) < 4.78 is 0. The van der Waals surface area contributed by atoms with Crippen LogP contribution in [0, 0.1) is 0 Å². The Bertz CT molecular complexity index is 946. The molecule has 3 heteroatoms. The molecule has 0 saturated carbocycles. The third kappa shape index (κ3) is 2.81. The standard InChI is InChI=1S/C21H16ClNO/c22-17-8-9-19-16(13-17)7-6-15-4-2-10-23-21(15)20(19)12-14-3-1-5-18(24)11-14/h1-5,8-13,24H,6-7H2/b20-12+. The number of halogens is 1. The largest absolute Gasteiger partial charge is 0.508 e. The molecule has 24 heavy (non-hydrogen) atoms. The highest BCUT2D eigenvalue weighted by Crippen LogP contribution is 2.35. The van der Waals surface area contributed by atoms with Crippen molar-refractivity contribution in [3.8, 4) is 5.75 Å². The third-order valence-corrected chi connectivity index (χ3v) is 4.58.